The number of rotatable bonds is 4. The van der Waals surface area contributed by atoms with Gasteiger partial charge in [0.05, 0.1) is 0 Å². The van der Waals surface area contributed by atoms with Crippen molar-refractivity contribution < 1.29 is 14.3 Å². The molecule has 1 atom stereocenters. The number of carbonyl (C=O) groups excluding carboxylic acids is 1. The van der Waals surface area contributed by atoms with Crippen molar-refractivity contribution in [2.45, 2.75) is 25.9 Å². The average molecular weight is 196 g/mol. The molecule has 0 bridgehead atoms. The summed E-state index contributed by atoms with van der Waals surface area (Å²) < 4.78 is 12.5. The lowest BCUT2D eigenvalue weighted by Gasteiger charge is -2.06. The minimum absolute atomic E-state index is 0.162. The van der Waals surface area contributed by atoms with E-state index in [1.54, 1.807) is 19.1 Å². The van der Waals surface area contributed by atoms with E-state index in [-0.39, 0.29) is 18.0 Å². The van der Waals surface area contributed by atoms with Crippen molar-refractivity contribution in [3.63, 3.8) is 0 Å². The van der Waals surface area contributed by atoms with Gasteiger partial charge >= 0.3 is 0 Å². The van der Waals surface area contributed by atoms with E-state index in [4.69, 9.17) is 0 Å². The van der Waals surface area contributed by atoms with Gasteiger partial charge in [0.25, 0.3) is 0 Å². The molecule has 0 spiro atoms. The minimum Gasteiger partial charge on any atom is -0.385 e. The molecule has 0 fully saturated rings. The van der Waals surface area contributed by atoms with Crippen molar-refractivity contribution >= 4 is 5.78 Å². The Bertz CT molecular complexity index is 306. The van der Waals surface area contributed by atoms with Gasteiger partial charge in [-0.15, -0.1) is 0 Å². The Morgan fingerprint density at radius 1 is 1.43 bits per heavy atom. The molecule has 0 aliphatic heterocycles. The molecule has 0 saturated heterocycles. The van der Waals surface area contributed by atoms with Gasteiger partial charge in [0, 0.05) is 6.42 Å². The topological polar surface area (TPSA) is 37.3 Å². The molecule has 1 aromatic carbocycles. The quantitative estimate of drug-likeness (QED) is 0.796. The Morgan fingerprint density at radius 2 is 2.00 bits per heavy atom. The molecule has 3 heteroatoms. The summed E-state index contributed by atoms with van der Waals surface area (Å²) in [5, 5.41) is 9.22. The number of ketones is 1. The summed E-state index contributed by atoms with van der Waals surface area (Å²) in [6.07, 6.45) is -0.324. The maximum atomic E-state index is 12.5. The second-order valence-corrected chi connectivity index (χ2v) is 3.19. The van der Waals surface area contributed by atoms with Crippen LogP contribution in [0, 0.1) is 5.82 Å². The second kappa shape index (κ2) is 4.86. The Hall–Kier alpha value is -1.22. The van der Waals surface area contributed by atoms with Crippen molar-refractivity contribution in [3.8, 4) is 0 Å². The summed E-state index contributed by atoms with van der Waals surface area (Å²) >= 11 is 0. The maximum Gasteiger partial charge on any atom is 0.165 e. The van der Waals surface area contributed by atoms with Crippen LogP contribution in [0.1, 0.15) is 18.9 Å². The van der Waals surface area contributed by atoms with Crippen LogP contribution in [-0.2, 0) is 11.2 Å². The molecular formula is C11H13FO2. The summed E-state index contributed by atoms with van der Waals surface area (Å²) in [4.78, 5) is 11.3. The molecule has 14 heavy (non-hydrogen) atoms. The van der Waals surface area contributed by atoms with Gasteiger partial charge in [0.2, 0.25) is 0 Å². The van der Waals surface area contributed by atoms with Gasteiger partial charge in [-0.25, -0.2) is 4.39 Å². The fraction of sp³-hybridized carbons (Fsp3) is 0.364. The summed E-state index contributed by atoms with van der Waals surface area (Å²) in [5.74, 6) is -0.545. The van der Waals surface area contributed by atoms with Crippen molar-refractivity contribution in [3.05, 3.63) is 35.6 Å². The Morgan fingerprint density at radius 3 is 2.50 bits per heavy atom. The van der Waals surface area contributed by atoms with Crippen LogP contribution in [-0.4, -0.2) is 17.0 Å². The lowest BCUT2D eigenvalue weighted by atomic mass is 10.0. The van der Waals surface area contributed by atoms with E-state index >= 15 is 0 Å². The first-order chi connectivity index (χ1) is 6.63. The third-order valence-corrected chi connectivity index (χ3v) is 2.05. The average Bonchev–Trinajstić information content (AvgIpc) is 2.20. The number of aliphatic hydroxyl groups is 1. The van der Waals surface area contributed by atoms with Crippen LogP contribution in [0.5, 0.6) is 0 Å². The molecule has 0 aromatic heterocycles. The van der Waals surface area contributed by atoms with Gasteiger partial charge in [0.15, 0.2) is 5.78 Å². The zero-order chi connectivity index (χ0) is 10.6. The Kier molecular flexibility index (Phi) is 3.77. The number of hydrogen-bond donors (Lipinski definition) is 1. The smallest absolute Gasteiger partial charge is 0.165 e. The highest BCUT2D eigenvalue weighted by Gasteiger charge is 2.12. The van der Waals surface area contributed by atoms with Gasteiger partial charge in [-0.05, 0) is 24.1 Å². The second-order valence-electron chi connectivity index (χ2n) is 3.19. The molecule has 0 heterocycles. The predicted octanol–water partition coefficient (Wildman–Crippen LogP) is 1.71. The molecule has 2 nitrogen and oxygen atoms in total. The highest BCUT2D eigenvalue weighted by Crippen LogP contribution is 2.06. The third kappa shape index (κ3) is 2.92. The fourth-order valence-corrected chi connectivity index (χ4v) is 1.15. The van der Waals surface area contributed by atoms with Crippen LogP contribution in [0.2, 0.25) is 0 Å². The van der Waals surface area contributed by atoms with Crippen LogP contribution in [0.3, 0.4) is 0 Å². The molecule has 0 radical (unpaired) electrons. The number of aliphatic hydroxyl groups excluding tert-OH is 1. The normalized spacial score (nSPS) is 12.5. The first-order valence-electron chi connectivity index (χ1n) is 4.58. The van der Waals surface area contributed by atoms with Gasteiger partial charge in [-0.3, -0.25) is 4.79 Å². The monoisotopic (exact) mass is 196 g/mol. The molecule has 1 unspecified atom stereocenters. The van der Waals surface area contributed by atoms with Crippen LogP contribution < -0.4 is 0 Å². The number of hydrogen-bond acceptors (Lipinski definition) is 2. The standard InChI is InChI=1S/C11H13FO2/c1-2-10(13)11(14)7-8-3-5-9(12)6-4-8/h3-6,10,13H,2,7H2,1H3. The zero-order valence-corrected chi connectivity index (χ0v) is 8.03. The van der Waals surface area contributed by atoms with Gasteiger partial charge in [-0.2, -0.15) is 0 Å². The summed E-state index contributed by atoms with van der Waals surface area (Å²) in [6.45, 7) is 1.74. The molecule has 1 rings (SSSR count). The molecule has 76 valence electrons. The summed E-state index contributed by atoms with van der Waals surface area (Å²) in [7, 11) is 0. The molecule has 0 amide bonds. The van der Waals surface area contributed by atoms with Crippen LogP contribution in [0.4, 0.5) is 4.39 Å². The van der Waals surface area contributed by atoms with E-state index in [9.17, 15) is 14.3 Å². The van der Waals surface area contributed by atoms with Crippen LogP contribution >= 0.6 is 0 Å². The van der Waals surface area contributed by atoms with Crippen molar-refractivity contribution in [1.29, 1.82) is 0 Å². The van der Waals surface area contributed by atoms with E-state index in [1.165, 1.54) is 12.1 Å². The summed E-state index contributed by atoms with van der Waals surface area (Å²) in [5.41, 5.74) is 0.726. The number of halogens is 1. The molecule has 0 aliphatic carbocycles. The molecule has 0 saturated carbocycles. The third-order valence-electron chi connectivity index (χ3n) is 2.05. The molecule has 0 aliphatic rings. The number of Topliss-reactive ketones (excluding diaryl/α,β-unsaturated/α-hetero) is 1. The van der Waals surface area contributed by atoms with Gasteiger partial charge < -0.3 is 5.11 Å². The Balaban J connectivity index is 2.60. The fourth-order valence-electron chi connectivity index (χ4n) is 1.15. The van der Waals surface area contributed by atoms with E-state index in [0.717, 1.165) is 5.56 Å². The first-order valence-corrected chi connectivity index (χ1v) is 4.58. The highest BCUT2D eigenvalue weighted by atomic mass is 19.1. The van der Waals surface area contributed by atoms with Crippen molar-refractivity contribution in [2.24, 2.45) is 0 Å². The van der Waals surface area contributed by atoms with Gasteiger partial charge in [0.1, 0.15) is 11.9 Å². The van der Waals surface area contributed by atoms with E-state index in [0.29, 0.717) is 6.42 Å². The van der Waals surface area contributed by atoms with E-state index < -0.39 is 6.10 Å². The largest absolute Gasteiger partial charge is 0.385 e. The molecule has 1 aromatic rings. The highest BCUT2D eigenvalue weighted by molar-refractivity contribution is 5.84. The maximum absolute atomic E-state index is 12.5. The van der Waals surface area contributed by atoms with Crippen LogP contribution in [0.25, 0.3) is 0 Å². The van der Waals surface area contributed by atoms with Crippen molar-refractivity contribution in [1.82, 2.24) is 0 Å². The lowest BCUT2D eigenvalue weighted by Crippen LogP contribution is -2.21. The zero-order valence-electron chi connectivity index (χ0n) is 8.03. The van der Waals surface area contributed by atoms with E-state index in [1.807, 2.05) is 0 Å². The Labute approximate surface area is 82.4 Å². The number of carbonyl (C=O) groups is 1. The lowest BCUT2D eigenvalue weighted by molar-refractivity contribution is -0.126. The van der Waals surface area contributed by atoms with E-state index in [2.05, 4.69) is 0 Å². The van der Waals surface area contributed by atoms with Crippen molar-refractivity contribution in [2.75, 3.05) is 0 Å². The first kappa shape index (κ1) is 10.9. The number of benzene rings is 1. The molecule has 1 N–H and O–H groups in total. The van der Waals surface area contributed by atoms with Gasteiger partial charge in [-0.1, -0.05) is 19.1 Å². The minimum atomic E-state index is -0.903. The predicted molar refractivity (Wildman–Crippen MR) is 51.4 cm³/mol. The summed E-state index contributed by atoms with van der Waals surface area (Å²) in [6, 6.07) is 5.72. The molecular weight excluding hydrogens is 183 g/mol. The SMILES string of the molecule is CCC(O)C(=O)Cc1ccc(F)cc1. The van der Waals surface area contributed by atoms with Crippen LogP contribution in [0.15, 0.2) is 24.3 Å².